The van der Waals surface area contributed by atoms with Gasteiger partial charge in [-0.05, 0) is 44.9 Å². The summed E-state index contributed by atoms with van der Waals surface area (Å²) >= 11 is 0. The number of aromatic nitrogens is 1. The van der Waals surface area contributed by atoms with Crippen LogP contribution in [0, 0.1) is 20.8 Å². The van der Waals surface area contributed by atoms with Gasteiger partial charge in [0.1, 0.15) is 0 Å². The lowest BCUT2D eigenvalue weighted by Gasteiger charge is -2.20. The molecule has 0 saturated heterocycles. The Labute approximate surface area is 99.3 Å². The standard InChI is InChI=1S/C12H17F3N2/c1-7-5-8(2)17-10(4)11(7)9(3)16-6-12(13,14)15/h5,9,16H,6H2,1-4H3. The third kappa shape index (κ3) is 4.00. The highest BCUT2D eigenvalue weighted by molar-refractivity contribution is 5.33. The predicted octanol–water partition coefficient (Wildman–Crippen LogP) is 3.22. The Kier molecular flexibility index (Phi) is 4.14. The van der Waals surface area contributed by atoms with Crippen LogP contribution in [0.5, 0.6) is 0 Å². The van der Waals surface area contributed by atoms with Gasteiger partial charge in [0.25, 0.3) is 0 Å². The SMILES string of the molecule is Cc1cc(C)c(C(C)NCC(F)(F)F)c(C)n1. The molecule has 0 radical (unpaired) electrons. The smallest absolute Gasteiger partial charge is 0.302 e. The van der Waals surface area contributed by atoms with Crippen LogP contribution < -0.4 is 5.32 Å². The van der Waals surface area contributed by atoms with Crippen molar-refractivity contribution in [1.82, 2.24) is 10.3 Å². The Morgan fingerprint density at radius 2 is 1.88 bits per heavy atom. The fourth-order valence-corrected chi connectivity index (χ4v) is 2.06. The average Bonchev–Trinajstić information content (AvgIpc) is 2.11. The molecule has 1 atom stereocenters. The van der Waals surface area contributed by atoms with Crippen LogP contribution in [0.3, 0.4) is 0 Å². The number of nitrogens with zero attached hydrogens (tertiary/aromatic N) is 1. The van der Waals surface area contributed by atoms with E-state index in [-0.39, 0.29) is 6.04 Å². The fourth-order valence-electron chi connectivity index (χ4n) is 2.06. The average molecular weight is 246 g/mol. The number of alkyl halides is 3. The molecule has 1 aromatic rings. The molecule has 0 spiro atoms. The first-order valence-corrected chi connectivity index (χ1v) is 5.45. The highest BCUT2D eigenvalue weighted by atomic mass is 19.4. The van der Waals surface area contributed by atoms with E-state index in [1.165, 1.54) is 0 Å². The van der Waals surface area contributed by atoms with Gasteiger partial charge in [0.2, 0.25) is 0 Å². The van der Waals surface area contributed by atoms with Gasteiger partial charge in [-0.2, -0.15) is 13.2 Å². The maximum Gasteiger partial charge on any atom is 0.401 e. The summed E-state index contributed by atoms with van der Waals surface area (Å²) in [5, 5.41) is 2.47. The van der Waals surface area contributed by atoms with Crippen molar-refractivity contribution >= 4 is 0 Å². The van der Waals surface area contributed by atoms with E-state index in [1.807, 2.05) is 26.8 Å². The van der Waals surface area contributed by atoms with E-state index in [1.54, 1.807) is 6.92 Å². The Morgan fingerprint density at radius 1 is 1.29 bits per heavy atom. The summed E-state index contributed by atoms with van der Waals surface area (Å²) in [6.07, 6.45) is -4.19. The number of nitrogens with one attached hydrogen (secondary N) is 1. The van der Waals surface area contributed by atoms with E-state index in [4.69, 9.17) is 0 Å². The van der Waals surface area contributed by atoms with Gasteiger partial charge in [-0.25, -0.2) is 0 Å². The second kappa shape index (κ2) is 5.04. The minimum absolute atomic E-state index is 0.357. The highest BCUT2D eigenvalue weighted by Crippen LogP contribution is 2.22. The van der Waals surface area contributed by atoms with Crippen molar-refractivity contribution in [2.75, 3.05) is 6.54 Å². The van der Waals surface area contributed by atoms with Gasteiger partial charge >= 0.3 is 6.18 Å². The van der Waals surface area contributed by atoms with E-state index in [0.29, 0.717) is 0 Å². The first-order valence-electron chi connectivity index (χ1n) is 5.45. The first-order chi connectivity index (χ1) is 7.70. The molecule has 0 aliphatic rings. The molecule has 1 N–H and O–H groups in total. The predicted molar refractivity (Wildman–Crippen MR) is 60.9 cm³/mol. The third-order valence-electron chi connectivity index (χ3n) is 2.63. The van der Waals surface area contributed by atoms with Gasteiger partial charge in [-0.15, -0.1) is 0 Å². The van der Waals surface area contributed by atoms with Gasteiger partial charge in [0.05, 0.1) is 6.54 Å². The molecule has 0 amide bonds. The van der Waals surface area contributed by atoms with Crippen LogP contribution in [0.25, 0.3) is 0 Å². The molecule has 96 valence electrons. The molecule has 0 aliphatic carbocycles. The maximum absolute atomic E-state index is 12.1. The van der Waals surface area contributed by atoms with E-state index in [9.17, 15) is 13.2 Å². The van der Waals surface area contributed by atoms with Crippen molar-refractivity contribution in [3.05, 3.63) is 28.6 Å². The van der Waals surface area contributed by atoms with Gasteiger partial charge in [0.15, 0.2) is 0 Å². The number of halogens is 3. The van der Waals surface area contributed by atoms with Crippen molar-refractivity contribution in [2.24, 2.45) is 0 Å². The van der Waals surface area contributed by atoms with Crippen molar-refractivity contribution in [1.29, 1.82) is 0 Å². The normalized spacial score (nSPS) is 13.8. The second-order valence-electron chi connectivity index (χ2n) is 4.30. The molecular formula is C12H17F3N2. The van der Waals surface area contributed by atoms with E-state index >= 15 is 0 Å². The largest absolute Gasteiger partial charge is 0.401 e. The van der Waals surface area contributed by atoms with Crippen LogP contribution in [0.1, 0.15) is 35.5 Å². The lowest BCUT2D eigenvalue weighted by Crippen LogP contribution is -2.31. The summed E-state index contributed by atoms with van der Waals surface area (Å²) in [5.41, 5.74) is 3.48. The summed E-state index contributed by atoms with van der Waals surface area (Å²) in [6.45, 7) is 6.32. The van der Waals surface area contributed by atoms with E-state index in [2.05, 4.69) is 10.3 Å². The number of aryl methyl sites for hydroxylation is 3. The lowest BCUT2D eigenvalue weighted by molar-refractivity contribution is -0.126. The minimum Gasteiger partial charge on any atom is -0.302 e. The minimum atomic E-state index is -4.19. The maximum atomic E-state index is 12.1. The van der Waals surface area contributed by atoms with Crippen LogP contribution in [0.4, 0.5) is 13.2 Å². The van der Waals surface area contributed by atoms with Crippen LogP contribution in [-0.2, 0) is 0 Å². The second-order valence-corrected chi connectivity index (χ2v) is 4.30. The van der Waals surface area contributed by atoms with E-state index < -0.39 is 12.7 Å². The molecule has 2 nitrogen and oxygen atoms in total. The zero-order chi connectivity index (χ0) is 13.2. The Morgan fingerprint density at radius 3 is 2.35 bits per heavy atom. The van der Waals surface area contributed by atoms with Gasteiger partial charge in [-0.1, -0.05) is 0 Å². The molecule has 0 saturated carbocycles. The number of pyridine rings is 1. The molecular weight excluding hydrogens is 229 g/mol. The van der Waals surface area contributed by atoms with E-state index in [0.717, 1.165) is 22.5 Å². The topological polar surface area (TPSA) is 24.9 Å². The molecule has 1 unspecified atom stereocenters. The number of hydrogen-bond acceptors (Lipinski definition) is 2. The molecule has 0 aliphatic heterocycles. The molecule has 1 aromatic heterocycles. The third-order valence-corrected chi connectivity index (χ3v) is 2.63. The Hall–Kier alpha value is -1.10. The Balaban J connectivity index is 2.86. The molecule has 1 rings (SSSR count). The molecule has 1 heterocycles. The zero-order valence-electron chi connectivity index (χ0n) is 10.4. The van der Waals surface area contributed by atoms with Crippen LogP contribution in [0.2, 0.25) is 0 Å². The van der Waals surface area contributed by atoms with Crippen molar-refractivity contribution in [3.8, 4) is 0 Å². The summed E-state index contributed by atoms with van der Waals surface area (Å²) in [6, 6.07) is 1.53. The molecule has 0 bridgehead atoms. The lowest BCUT2D eigenvalue weighted by atomic mass is 10.0. The quantitative estimate of drug-likeness (QED) is 0.885. The molecule has 0 fully saturated rings. The fraction of sp³-hybridized carbons (Fsp3) is 0.583. The Bertz CT molecular complexity index is 376. The van der Waals surface area contributed by atoms with Crippen molar-refractivity contribution < 1.29 is 13.2 Å². The number of hydrogen-bond donors (Lipinski definition) is 1. The molecule has 5 heteroatoms. The molecule has 0 aromatic carbocycles. The summed E-state index contributed by atoms with van der Waals surface area (Å²) in [7, 11) is 0. The monoisotopic (exact) mass is 246 g/mol. The first kappa shape index (κ1) is 14.0. The van der Waals surface area contributed by atoms with Gasteiger partial charge in [0, 0.05) is 17.4 Å². The summed E-state index contributed by atoms with van der Waals surface area (Å²) in [4.78, 5) is 4.28. The van der Waals surface area contributed by atoms with Crippen LogP contribution in [-0.4, -0.2) is 17.7 Å². The van der Waals surface area contributed by atoms with Crippen LogP contribution >= 0.6 is 0 Å². The summed E-state index contributed by atoms with van der Waals surface area (Å²) in [5.74, 6) is 0. The van der Waals surface area contributed by atoms with Gasteiger partial charge < -0.3 is 5.32 Å². The highest BCUT2D eigenvalue weighted by Gasteiger charge is 2.28. The number of rotatable bonds is 3. The van der Waals surface area contributed by atoms with Crippen LogP contribution in [0.15, 0.2) is 6.07 Å². The zero-order valence-corrected chi connectivity index (χ0v) is 10.4. The van der Waals surface area contributed by atoms with Gasteiger partial charge in [-0.3, -0.25) is 4.98 Å². The van der Waals surface area contributed by atoms with Crippen molar-refractivity contribution in [3.63, 3.8) is 0 Å². The molecule has 17 heavy (non-hydrogen) atoms. The summed E-state index contributed by atoms with van der Waals surface area (Å²) < 4.78 is 36.4. The van der Waals surface area contributed by atoms with Crippen molar-refractivity contribution in [2.45, 2.75) is 39.9 Å².